The summed E-state index contributed by atoms with van der Waals surface area (Å²) in [7, 11) is 0. The second kappa shape index (κ2) is 5.72. The number of hydrogen-bond acceptors (Lipinski definition) is 4. The molecule has 1 aromatic heterocycles. The van der Waals surface area contributed by atoms with E-state index in [4.69, 9.17) is 9.15 Å². The van der Waals surface area contributed by atoms with Gasteiger partial charge < -0.3 is 19.4 Å². The van der Waals surface area contributed by atoms with E-state index in [2.05, 4.69) is 18.3 Å². The van der Waals surface area contributed by atoms with Crippen molar-refractivity contribution < 1.29 is 13.9 Å². The summed E-state index contributed by atoms with van der Waals surface area (Å²) in [6.45, 7) is 13.1. The van der Waals surface area contributed by atoms with Gasteiger partial charge in [0.2, 0.25) is 0 Å². The molecule has 1 aromatic rings. The number of ether oxygens (including phenoxy) is 1. The average molecular weight is 294 g/mol. The van der Waals surface area contributed by atoms with Crippen LogP contribution in [-0.4, -0.2) is 35.7 Å². The SMILES string of the molecule is Cc1cc(C(C)NC2CN(C(=O)OC(C)(C)C)C2)c(C)o1. The molecule has 1 unspecified atom stereocenters. The Morgan fingerprint density at radius 3 is 2.52 bits per heavy atom. The summed E-state index contributed by atoms with van der Waals surface area (Å²) < 4.78 is 10.9. The van der Waals surface area contributed by atoms with Crippen LogP contribution in [-0.2, 0) is 4.74 Å². The van der Waals surface area contributed by atoms with E-state index < -0.39 is 5.60 Å². The third-order valence-corrected chi connectivity index (χ3v) is 3.56. The van der Waals surface area contributed by atoms with Crippen molar-refractivity contribution in [2.45, 2.75) is 59.2 Å². The topological polar surface area (TPSA) is 54.7 Å². The third kappa shape index (κ3) is 4.00. The predicted octanol–water partition coefficient (Wildman–Crippen LogP) is 3.17. The number of rotatable bonds is 3. The highest BCUT2D eigenvalue weighted by molar-refractivity contribution is 5.69. The van der Waals surface area contributed by atoms with Crippen molar-refractivity contribution in [1.29, 1.82) is 0 Å². The molecule has 0 radical (unpaired) electrons. The van der Waals surface area contributed by atoms with Gasteiger partial charge in [-0.15, -0.1) is 0 Å². The Kier molecular flexibility index (Phi) is 4.33. The first-order valence-electron chi connectivity index (χ1n) is 7.46. The Morgan fingerprint density at radius 1 is 1.43 bits per heavy atom. The van der Waals surface area contributed by atoms with Gasteiger partial charge in [-0.3, -0.25) is 0 Å². The van der Waals surface area contributed by atoms with Crippen molar-refractivity contribution in [3.05, 3.63) is 23.2 Å². The maximum absolute atomic E-state index is 11.9. The first-order valence-corrected chi connectivity index (χ1v) is 7.46. The molecule has 1 atom stereocenters. The lowest BCUT2D eigenvalue weighted by Crippen LogP contribution is -2.60. The van der Waals surface area contributed by atoms with Crippen molar-refractivity contribution in [3.63, 3.8) is 0 Å². The maximum Gasteiger partial charge on any atom is 0.410 e. The van der Waals surface area contributed by atoms with Gasteiger partial charge in [0.25, 0.3) is 0 Å². The number of carbonyl (C=O) groups excluding carboxylic acids is 1. The fourth-order valence-electron chi connectivity index (χ4n) is 2.58. The van der Waals surface area contributed by atoms with Crippen LogP contribution >= 0.6 is 0 Å². The zero-order chi connectivity index (χ0) is 15.8. The first-order chi connectivity index (χ1) is 9.65. The average Bonchev–Trinajstić information content (AvgIpc) is 2.59. The predicted molar refractivity (Wildman–Crippen MR) is 81.3 cm³/mol. The van der Waals surface area contributed by atoms with E-state index in [1.165, 1.54) is 5.56 Å². The molecule has 1 amide bonds. The van der Waals surface area contributed by atoms with Crippen molar-refractivity contribution in [2.24, 2.45) is 0 Å². The molecule has 1 saturated heterocycles. The fourth-order valence-corrected chi connectivity index (χ4v) is 2.58. The molecule has 21 heavy (non-hydrogen) atoms. The van der Waals surface area contributed by atoms with E-state index in [0.717, 1.165) is 11.5 Å². The quantitative estimate of drug-likeness (QED) is 0.930. The number of aryl methyl sites for hydroxylation is 2. The van der Waals surface area contributed by atoms with Crippen molar-refractivity contribution in [3.8, 4) is 0 Å². The molecule has 0 aromatic carbocycles. The summed E-state index contributed by atoms with van der Waals surface area (Å²) in [5, 5.41) is 3.53. The zero-order valence-corrected chi connectivity index (χ0v) is 13.8. The highest BCUT2D eigenvalue weighted by atomic mass is 16.6. The Labute approximate surface area is 126 Å². The number of likely N-dealkylation sites (tertiary alicyclic amines) is 1. The number of carbonyl (C=O) groups is 1. The van der Waals surface area contributed by atoms with E-state index in [0.29, 0.717) is 19.1 Å². The molecule has 5 nitrogen and oxygen atoms in total. The van der Waals surface area contributed by atoms with Gasteiger partial charge in [-0.05, 0) is 47.6 Å². The number of hydrogen-bond donors (Lipinski definition) is 1. The van der Waals surface area contributed by atoms with Crippen LogP contribution in [0.15, 0.2) is 10.5 Å². The summed E-state index contributed by atoms with van der Waals surface area (Å²) in [6.07, 6.45) is -0.233. The number of amides is 1. The Bertz CT molecular complexity index is 510. The van der Waals surface area contributed by atoms with Crippen LogP contribution in [0.4, 0.5) is 4.79 Å². The molecule has 1 aliphatic rings. The van der Waals surface area contributed by atoms with Gasteiger partial charge in [-0.1, -0.05) is 0 Å². The lowest BCUT2D eigenvalue weighted by Gasteiger charge is -2.41. The molecule has 0 saturated carbocycles. The normalized spacial score (nSPS) is 17.5. The van der Waals surface area contributed by atoms with Gasteiger partial charge in [0.15, 0.2) is 0 Å². The van der Waals surface area contributed by atoms with Crippen molar-refractivity contribution in [1.82, 2.24) is 10.2 Å². The molecule has 2 heterocycles. The third-order valence-electron chi connectivity index (χ3n) is 3.56. The Hall–Kier alpha value is -1.49. The lowest BCUT2D eigenvalue weighted by molar-refractivity contribution is 0.00432. The van der Waals surface area contributed by atoms with Gasteiger partial charge in [0, 0.05) is 30.7 Å². The number of nitrogens with one attached hydrogen (secondary N) is 1. The Balaban J connectivity index is 1.80. The molecule has 1 N–H and O–H groups in total. The van der Waals surface area contributed by atoms with Crippen LogP contribution in [0.25, 0.3) is 0 Å². The number of furan rings is 1. The largest absolute Gasteiger partial charge is 0.466 e. The van der Waals surface area contributed by atoms with Crippen molar-refractivity contribution in [2.75, 3.05) is 13.1 Å². The minimum absolute atomic E-state index is 0.216. The number of nitrogens with zero attached hydrogens (tertiary/aromatic N) is 1. The Morgan fingerprint density at radius 2 is 2.05 bits per heavy atom. The van der Waals surface area contributed by atoms with E-state index in [1.54, 1.807) is 4.90 Å². The molecule has 0 aliphatic carbocycles. The minimum atomic E-state index is -0.436. The standard InChI is InChI=1S/C16H26N2O3/c1-10-7-14(12(3)20-10)11(2)17-13-8-18(9-13)15(19)21-16(4,5)6/h7,11,13,17H,8-9H2,1-6H3. The second-order valence-corrected chi connectivity index (χ2v) is 6.84. The zero-order valence-electron chi connectivity index (χ0n) is 13.8. The summed E-state index contributed by atoms with van der Waals surface area (Å²) in [6, 6.07) is 2.59. The van der Waals surface area contributed by atoms with E-state index in [1.807, 2.05) is 34.6 Å². The first kappa shape index (κ1) is 15.9. The molecule has 2 rings (SSSR count). The maximum atomic E-state index is 11.9. The van der Waals surface area contributed by atoms with Crippen LogP contribution in [0.1, 0.15) is 50.8 Å². The van der Waals surface area contributed by atoms with Gasteiger partial charge in [-0.2, -0.15) is 0 Å². The molecular formula is C16H26N2O3. The van der Waals surface area contributed by atoms with Gasteiger partial charge in [0.1, 0.15) is 17.1 Å². The minimum Gasteiger partial charge on any atom is -0.466 e. The highest BCUT2D eigenvalue weighted by Gasteiger charge is 2.34. The second-order valence-electron chi connectivity index (χ2n) is 6.84. The van der Waals surface area contributed by atoms with Crippen LogP contribution < -0.4 is 5.32 Å². The summed E-state index contributed by atoms with van der Waals surface area (Å²) in [4.78, 5) is 13.6. The molecule has 118 valence electrons. The van der Waals surface area contributed by atoms with Crippen LogP contribution in [0.2, 0.25) is 0 Å². The van der Waals surface area contributed by atoms with Crippen LogP contribution in [0, 0.1) is 13.8 Å². The monoisotopic (exact) mass is 294 g/mol. The van der Waals surface area contributed by atoms with E-state index >= 15 is 0 Å². The summed E-state index contributed by atoms with van der Waals surface area (Å²) in [5.74, 6) is 1.89. The molecule has 0 bridgehead atoms. The van der Waals surface area contributed by atoms with Gasteiger partial charge in [0.05, 0.1) is 0 Å². The highest BCUT2D eigenvalue weighted by Crippen LogP contribution is 2.23. The molecule has 5 heteroatoms. The molecule has 0 spiro atoms. The fraction of sp³-hybridized carbons (Fsp3) is 0.688. The van der Waals surface area contributed by atoms with E-state index in [9.17, 15) is 4.79 Å². The molecule has 1 aliphatic heterocycles. The van der Waals surface area contributed by atoms with Crippen molar-refractivity contribution >= 4 is 6.09 Å². The van der Waals surface area contributed by atoms with Crippen LogP contribution in [0.3, 0.4) is 0 Å². The van der Waals surface area contributed by atoms with Crippen LogP contribution in [0.5, 0.6) is 0 Å². The van der Waals surface area contributed by atoms with Gasteiger partial charge >= 0.3 is 6.09 Å². The smallest absolute Gasteiger partial charge is 0.410 e. The summed E-state index contributed by atoms with van der Waals surface area (Å²) >= 11 is 0. The molecular weight excluding hydrogens is 268 g/mol. The van der Waals surface area contributed by atoms with E-state index in [-0.39, 0.29) is 12.1 Å². The van der Waals surface area contributed by atoms with Gasteiger partial charge in [-0.25, -0.2) is 4.79 Å². The summed E-state index contributed by atoms with van der Waals surface area (Å²) in [5.41, 5.74) is 0.747. The molecule has 1 fully saturated rings. The lowest BCUT2D eigenvalue weighted by atomic mass is 10.0.